The van der Waals surface area contributed by atoms with Crippen molar-refractivity contribution < 1.29 is 18.7 Å². The molecule has 0 amide bonds. The van der Waals surface area contributed by atoms with Gasteiger partial charge in [0.1, 0.15) is 17.2 Å². The van der Waals surface area contributed by atoms with Crippen LogP contribution >= 0.6 is 0 Å². The van der Waals surface area contributed by atoms with Gasteiger partial charge in [0.2, 0.25) is 0 Å². The molecule has 0 aliphatic carbocycles. The van der Waals surface area contributed by atoms with Crippen LogP contribution in [0.1, 0.15) is 40.3 Å². The minimum atomic E-state index is -0.605. The van der Waals surface area contributed by atoms with Crippen molar-refractivity contribution in [1.82, 2.24) is 14.9 Å². The normalized spacial score (nSPS) is 14.0. The molecule has 1 aliphatic rings. The van der Waals surface area contributed by atoms with Crippen molar-refractivity contribution in [1.29, 1.82) is 0 Å². The first kappa shape index (κ1) is 21.9. The molecular weight excluding hydrogens is 387 g/mol. The number of methoxy groups -OCH3 is 2. The maximum Gasteiger partial charge on any atom is 0.358 e. The Morgan fingerprint density at radius 3 is 2.50 bits per heavy atom. The number of hydrogen-bond acceptors (Lipinski definition) is 7. The smallest absolute Gasteiger partial charge is 0.358 e. The Bertz CT molecular complexity index is 896. The van der Waals surface area contributed by atoms with Crippen molar-refractivity contribution in [3.63, 3.8) is 0 Å². The number of hydrogen-bond donors (Lipinski definition) is 1. The molecule has 3 rings (SSSR count). The van der Waals surface area contributed by atoms with Gasteiger partial charge in [-0.25, -0.2) is 19.2 Å². The lowest BCUT2D eigenvalue weighted by Crippen LogP contribution is -2.27. The van der Waals surface area contributed by atoms with Gasteiger partial charge in [-0.15, -0.1) is 0 Å². The number of carbonyl (C=O) groups is 1. The van der Waals surface area contributed by atoms with Gasteiger partial charge in [-0.3, -0.25) is 0 Å². The van der Waals surface area contributed by atoms with E-state index in [0.717, 1.165) is 19.6 Å². The van der Waals surface area contributed by atoms with E-state index in [9.17, 15) is 9.18 Å². The van der Waals surface area contributed by atoms with E-state index in [-0.39, 0.29) is 18.1 Å². The number of nitrogens with one attached hydrogen (secondary N) is 1. The SMILES string of the molecule is C=C(c1ccc(F)cc1)c1nc(C(=O)OC)c(COC)nc1NCCN1CCCC1. The molecule has 160 valence electrons. The molecule has 0 unspecified atom stereocenters. The molecule has 0 spiro atoms. The summed E-state index contributed by atoms with van der Waals surface area (Å²) in [7, 11) is 2.81. The molecule has 1 aromatic carbocycles. The summed E-state index contributed by atoms with van der Waals surface area (Å²) in [4.78, 5) is 23.8. The maximum atomic E-state index is 13.4. The van der Waals surface area contributed by atoms with Gasteiger partial charge in [0, 0.05) is 25.8 Å². The summed E-state index contributed by atoms with van der Waals surface area (Å²) in [5.41, 5.74) is 2.08. The van der Waals surface area contributed by atoms with Crippen molar-refractivity contribution in [2.45, 2.75) is 19.4 Å². The fraction of sp³-hybridized carbons (Fsp3) is 0.409. The lowest BCUT2D eigenvalue weighted by atomic mass is 10.0. The molecule has 1 N–H and O–H groups in total. The van der Waals surface area contributed by atoms with Gasteiger partial charge >= 0.3 is 5.97 Å². The number of esters is 1. The van der Waals surface area contributed by atoms with Crippen LogP contribution in [0.25, 0.3) is 5.57 Å². The molecule has 2 heterocycles. The van der Waals surface area contributed by atoms with Crippen LogP contribution in [0.4, 0.5) is 10.2 Å². The van der Waals surface area contributed by atoms with Gasteiger partial charge in [-0.1, -0.05) is 18.7 Å². The summed E-state index contributed by atoms with van der Waals surface area (Å²) < 4.78 is 23.4. The largest absolute Gasteiger partial charge is 0.464 e. The van der Waals surface area contributed by atoms with Crippen LogP contribution in [0, 0.1) is 5.82 Å². The third kappa shape index (κ3) is 5.20. The summed E-state index contributed by atoms with van der Waals surface area (Å²) in [5, 5.41) is 3.33. The maximum absolute atomic E-state index is 13.4. The van der Waals surface area contributed by atoms with Gasteiger partial charge in [0.25, 0.3) is 0 Å². The van der Waals surface area contributed by atoms with E-state index in [0.29, 0.717) is 34.9 Å². The van der Waals surface area contributed by atoms with Crippen molar-refractivity contribution in [2.24, 2.45) is 0 Å². The molecule has 2 aromatic rings. The average Bonchev–Trinajstić information content (AvgIpc) is 3.27. The second-order valence-electron chi connectivity index (χ2n) is 7.10. The Morgan fingerprint density at radius 2 is 1.87 bits per heavy atom. The van der Waals surface area contributed by atoms with E-state index in [2.05, 4.69) is 26.8 Å². The lowest BCUT2D eigenvalue weighted by molar-refractivity contribution is 0.0587. The Kier molecular flexibility index (Phi) is 7.48. The Morgan fingerprint density at radius 1 is 1.17 bits per heavy atom. The molecule has 1 saturated heterocycles. The Labute approximate surface area is 175 Å². The average molecular weight is 414 g/mol. The molecular formula is C22H27FN4O3. The van der Waals surface area contributed by atoms with Crippen LogP contribution in [-0.4, -0.2) is 61.2 Å². The zero-order valence-electron chi connectivity index (χ0n) is 17.4. The highest BCUT2D eigenvalue weighted by molar-refractivity contribution is 5.90. The Balaban J connectivity index is 1.95. The molecule has 0 radical (unpaired) electrons. The minimum absolute atomic E-state index is 0.0719. The van der Waals surface area contributed by atoms with Crippen LogP contribution in [0.15, 0.2) is 30.8 Å². The predicted molar refractivity (Wildman–Crippen MR) is 113 cm³/mol. The van der Waals surface area contributed by atoms with Crippen LogP contribution < -0.4 is 5.32 Å². The second kappa shape index (κ2) is 10.3. The van der Waals surface area contributed by atoms with Crippen LogP contribution in [0.2, 0.25) is 0 Å². The molecule has 30 heavy (non-hydrogen) atoms. The number of ether oxygens (including phenoxy) is 2. The van der Waals surface area contributed by atoms with Gasteiger partial charge in [0.15, 0.2) is 11.5 Å². The highest BCUT2D eigenvalue weighted by atomic mass is 19.1. The standard InChI is InChI=1S/C22H27FN4O3/c1-15(16-6-8-17(23)9-7-16)19-21(24-10-13-27-11-4-5-12-27)25-18(14-29-2)20(26-19)22(28)30-3/h6-9H,1,4-5,10-14H2,2-3H3,(H,24,25). The van der Waals surface area contributed by atoms with Crippen molar-refractivity contribution in [3.05, 3.63) is 59.3 Å². The van der Waals surface area contributed by atoms with E-state index in [1.54, 1.807) is 12.1 Å². The van der Waals surface area contributed by atoms with Crippen molar-refractivity contribution in [3.8, 4) is 0 Å². The monoisotopic (exact) mass is 414 g/mol. The fourth-order valence-electron chi connectivity index (χ4n) is 3.43. The minimum Gasteiger partial charge on any atom is -0.464 e. The molecule has 0 saturated carbocycles. The number of benzene rings is 1. The van der Waals surface area contributed by atoms with E-state index in [1.807, 2.05) is 0 Å². The van der Waals surface area contributed by atoms with Gasteiger partial charge in [-0.05, 0) is 43.6 Å². The number of aromatic nitrogens is 2. The number of rotatable bonds is 9. The Hall–Kier alpha value is -2.84. The van der Waals surface area contributed by atoms with Gasteiger partial charge < -0.3 is 19.7 Å². The van der Waals surface area contributed by atoms with Crippen LogP contribution in [0.3, 0.4) is 0 Å². The third-order valence-corrected chi connectivity index (χ3v) is 5.03. The predicted octanol–water partition coefficient (Wildman–Crippen LogP) is 3.12. The number of carbonyl (C=O) groups excluding carboxylic acids is 1. The zero-order chi connectivity index (χ0) is 21.5. The van der Waals surface area contributed by atoms with Crippen molar-refractivity contribution in [2.75, 3.05) is 45.7 Å². The highest BCUT2D eigenvalue weighted by Gasteiger charge is 2.22. The summed E-state index contributed by atoms with van der Waals surface area (Å²) in [5.74, 6) is -0.443. The van der Waals surface area contributed by atoms with Crippen molar-refractivity contribution >= 4 is 17.4 Å². The first-order chi connectivity index (χ1) is 14.5. The molecule has 8 heteroatoms. The highest BCUT2D eigenvalue weighted by Crippen LogP contribution is 2.27. The first-order valence-electron chi connectivity index (χ1n) is 9.93. The number of anilines is 1. The van der Waals surface area contributed by atoms with Crippen LogP contribution in [-0.2, 0) is 16.1 Å². The topological polar surface area (TPSA) is 76.6 Å². The van der Waals surface area contributed by atoms with E-state index in [4.69, 9.17) is 9.47 Å². The summed E-state index contributed by atoms with van der Waals surface area (Å²) in [6.07, 6.45) is 2.44. The first-order valence-corrected chi connectivity index (χ1v) is 9.93. The molecule has 1 fully saturated rings. The van der Waals surface area contributed by atoms with E-state index >= 15 is 0 Å². The number of nitrogens with zero attached hydrogens (tertiary/aromatic N) is 3. The molecule has 0 bridgehead atoms. The van der Waals surface area contributed by atoms with E-state index in [1.165, 1.54) is 39.2 Å². The third-order valence-electron chi connectivity index (χ3n) is 5.03. The summed E-state index contributed by atoms with van der Waals surface area (Å²) >= 11 is 0. The van der Waals surface area contributed by atoms with Crippen LogP contribution in [0.5, 0.6) is 0 Å². The summed E-state index contributed by atoms with van der Waals surface area (Å²) in [6, 6.07) is 5.95. The molecule has 7 nitrogen and oxygen atoms in total. The second-order valence-corrected chi connectivity index (χ2v) is 7.10. The molecule has 1 aliphatic heterocycles. The summed E-state index contributed by atoms with van der Waals surface area (Å²) in [6.45, 7) is 7.97. The quantitative estimate of drug-likeness (QED) is 0.632. The lowest BCUT2D eigenvalue weighted by Gasteiger charge is -2.18. The zero-order valence-corrected chi connectivity index (χ0v) is 17.4. The number of halogens is 1. The fourth-order valence-corrected chi connectivity index (χ4v) is 3.43. The van der Waals surface area contributed by atoms with E-state index < -0.39 is 5.97 Å². The van der Waals surface area contributed by atoms with Gasteiger partial charge in [-0.2, -0.15) is 0 Å². The van der Waals surface area contributed by atoms with Gasteiger partial charge in [0.05, 0.1) is 13.7 Å². The number of likely N-dealkylation sites (tertiary alicyclic amines) is 1. The molecule has 1 aromatic heterocycles. The molecule has 0 atom stereocenters.